The van der Waals surface area contributed by atoms with E-state index >= 15 is 0 Å². The number of hydrogen-bond donors (Lipinski definition) is 1. The van der Waals surface area contributed by atoms with Gasteiger partial charge in [0.25, 0.3) is 0 Å². The van der Waals surface area contributed by atoms with Crippen molar-refractivity contribution < 1.29 is 14.7 Å². The van der Waals surface area contributed by atoms with Crippen molar-refractivity contribution in [1.29, 1.82) is 0 Å². The monoisotopic (exact) mass is 296 g/mol. The predicted octanol–water partition coefficient (Wildman–Crippen LogP) is 2.95. The highest BCUT2D eigenvalue weighted by atomic mass is 16.4. The van der Waals surface area contributed by atoms with Gasteiger partial charge in [0, 0.05) is 24.5 Å². The van der Waals surface area contributed by atoms with Gasteiger partial charge in [-0.15, -0.1) is 0 Å². The lowest BCUT2D eigenvalue weighted by Crippen LogP contribution is -2.52. The number of carbonyl (C=O) groups is 2. The van der Waals surface area contributed by atoms with E-state index in [0.29, 0.717) is 13.1 Å². The minimum Gasteiger partial charge on any atom is -0.465 e. The van der Waals surface area contributed by atoms with Crippen molar-refractivity contribution in [3.63, 3.8) is 0 Å². The van der Waals surface area contributed by atoms with Crippen LogP contribution in [0.25, 0.3) is 0 Å². The quantitative estimate of drug-likeness (QED) is 0.852. The van der Waals surface area contributed by atoms with Gasteiger partial charge in [0.2, 0.25) is 5.91 Å². The Hall–Kier alpha value is -1.26. The average Bonchev–Trinajstić information content (AvgIpc) is 2.86. The Morgan fingerprint density at radius 2 is 1.71 bits per heavy atom. The second kappa shape index (κ2) is 6.24. The summed E-state index contributed by atoms with van der Waals surface area (Å²) < 4.78 is 0. The van der Waals surface area contributed by atoms with Crippen molar-refractivity contribution in [2.45, 2.75) is 70.9 Å². The second-order valence-corrected chi connectivity index (χ2v) is 7.39. The fraction of sp³-hybridized carbons (Fsp3) is 0.875. The molecule has 0 spiro atoms. The SMILES string of the molecule is CC(C)(C)N(C(=O)O)C1CCN(C(=O)C2CCCCC2)C1. The number of amides is 2. The lowest BCUT2D eigenvalue weighted by Gasteiger charge is -2.38. The van der Waals surface area contributed by atoms with Gasteiger partial charge in [0.05, 0.1) is 6.04 Å². The van der Waals surface area contributed by atoms with E-state index < -0.39 is 11.6 Å². The molecule has 2 aliphatic rings. The molecule has 2 amide bonds. The molecule has 5 heteroatoms. The molecule has 1 saturated heterocycles. The van der Waals surface area contributed by atoms with E-state index in [1.807, 2.05) is 25.7 Å². The van der Waals surface area contributed by atoms with Crippen LogP contribution in [0, 0.1) is 5.92 Å². The van der Waals surface area contributed by atoms with Crippen molar-refractivity contribution in [2.75, 3.05) is 13.1 Å². The molecule has 1 N–H and O–H groups in total. The maximum Gasteiger partial charge on any atom is 0.408 e. The Kier molecular flexibility index (Phi) is 4.79. The molecular weight excluding hydrogens is 268 g/mol. The van der Waals surface area contributed by atoms with Crippen LogP contribution in [0.3, 0.4) is 0 Å². The lowest BCUT2D eigenvalue weighted by atomic mass is 9.88. The van der Waals surface area contributed by atoms with Gasteiger partial charge in [-0.2, -0.15) is 0 Å². The van der Waals surface area contributed by atoms with E-state index in [1.165, 1.54) is 11.3 Å². The molecule has 0 radical (unpaired) electrons. The summed E-state index contributed by atoms with van der Waals surface area (Å²) in [6, 6.07) is -0.0740. The van der Waals surface area contributed by atoms with E-state index in [-0.39, 0.29) is 17.9 Å². The molecule has 21 heavy (non-hydrogen) atoms. The Labute approximate surface area is 127 Å². The lowest BCUT2D eigenvalue weighted by molar-refractivity contribution is -0.135. The minimum atomic E-state index is -0.889. The number of rotatable bonds is 2. The van der Waals surface area contributed by atoms with Gasteiger partial charge in [-0.3, -0.25) is 9.69 Å². The van der Waals surface area contributed by atoms with Gasteiger partial charge in [-0.25, -0.2) is 4.79 Å². The first-order valence-corrected chi connectivity index (χ1v) is 8.11. The summed E-state index contributed by atoms with van der Waals surface area (Å²) in [7, 11) is 0. The zero-order valence-corrected chi connectivity index (χ0v) is 13.5. The highest BCUT2D eigenvalue weighted by Crippen LogP contribution is 2.29. The number of carboxylic acid groups (broad SMARTS) is 1. The van der Waals surface area contributed by atoms with Gasteiger partial charge < -0.3 is 10.0 Å². The van der Waals surface area contributed by atoms with Crippen LogP contribution in [0.1, 0.15) is 59.3 Å². The summed E-state index contributed by atoms with van der Waals surface area (Å²) in [4.78, 5) is 27.5. The Morgan fingerprint density at radius 1 is 1.10 bits per heavy atom. The number of hydrogen-bond acceptors (Lipinski definition) is 2. The van der Waals surface area contributed by atoms with Crippen molar-refractivity contribution >= 4 is 12.0 Å². The summed E-state index contributed by atoms with van der Waals surface area (Å²) in [6.07, 6.45) is 5.41. The molecule has 120 valence electrons. The molecule has 0 bridgehead atoms. The molecule has 0 aromatic rings. The van der Waals surface area contributed by atoms with E-state index in [0.717, 1.165) is 32.1 Å². The summed E-state index contributed by atoms with van der Waals surface area (Å²) in [5.41, 5.74) is -0.430. The normalized spacial score (nSPS) is 24.1. The van der Waals surface area contributed by atoms with Gasteiger partial charge in [0.1, 0.15) is 0 Å². The first-order valence-electron chi connectivity index (χ1n) is 8.11. The minimum absolute atomic E-state index is 0.0740. The van der Waals surface area contributed by atoms with Crippen LogP contribution in [0.5, 0.6) is 0 Å². The molecule has 1 unspecified atom stereocenters. The van der Waals surface area contributed by atoms with Gasteiger partial charge in [-0.1, -0.05) is 19.3 Å². The Bertz CT molecular complexity index is 397. The fourth-order valence-electron chi connectivity index (χ4n) is 3.75. The maximum atomic E-state index is 12.5. The number of likely N-dealkylation sites (tertiary alicyclic amines) is 1. The zero-order chi connectivity index (χ0) is 15.6. The van der Waals surface area contributed by atoms with Crippen molar-refractivity contribution in [3.05, 3.63) is 0 Å². The number of carbonyl (C=O) groups excluding carboxylic acids is 1. The highest BCUT2D eigenvalue weighted by molar-refractivity contribution is 5.79. The molecule has 0 aromatic heterocycles. The molecule has 1 aliphatic carbocycles. The fourth-order valence-corrected chi connectivity index (χ4v) is 3.75. The van der Waals surface area contributed by atoms with Crippen LogP contribution < -0.4 is 0 Å². The molecule has 2 fully saturated rings. The third-order valence-electron chi connectivity index (χ3n) is 4.72. The van der Waals surface area contributed by atoms with Gasteiger partial charge in [-0.05, 0) is 40.0 Å². The van der Waals surface area contributed by atoms with Crippen LogP contribution >= 0.6 is 0 Å². The van der Waals surface area contributed by atoms with Gasteiger partial charge in [0.15, 0.2) is 0 Å². The Balaban J connectivity index is 1.98. The van der Waals surface area contributed by atoms with Crippen LogP contribution in [-0.2, 0) is 4.79 Å². The summed E-state index contributed by atoms with van der Waals surface area (Å²) >= 11 is 0. The summed E-state index contributed by atoms with van der Waals surface area (Å²) in [6.45, 7) is 6.98. The second-order valence-electron chi connectivity index (χ2n) is 7.39. The summed E-state index contributed by atoms with van der Waals surface area (Å²) in [5, 5.41) is 9.47. The third-order valence-corrected chi connectivity index (χ3v) is 4.72. The first-order chi connectivity index (χ1) is 9.80. The Morgan fingerprint density at radius 3 is 2.24 bits per heavy atom. The molecular formula is C16H28N2O3. The van der Waals surface area contributed by atoms with E-state index in [9.17, 15) is 14.7 Å². The smallest absolute Gasteiger partial charge is 0.408 e. The van der Waals surface area contributed by atoms with Gasteiger partial charge >= 0.3 is 6.09 Å². The number of nitrogens with zero attached hydrogens (tertiary/aromatic N) is 2. The molecule has 1 atom stereocenters. The molecule has 0 aromatic carbocycles. The summed E-state index contributed by atoms with van der Waals surface area (Å²) in [5.74, 6) is 0.418. The molecule has 1 heterocycles. The standard InChI is InChI=1S/C16H28N2O3/c1-16(2,3)18(15(20)21)13-9-10-17(11-13)14(19)12-7-5-4-6-8-12/h12-13H,4-11H2,1-3H3,(H,20,21). The third kappa shape index (κ3) is 3.69. The van der Waals surface area contributed by atoms with Crippen LogP contribution in [0.15, 0.2) is 0 Å². The van der Waals surface area contributed by atoms with Crippen molar-refractivity contribution in [1.82, 2.24) is 9.80 Å². The topological polar surface area (TPSA) is 60.9 Å². The van der Waals surface area contributed by atoms with Crippen molar-refractivity contribution in [2.24, 2.45) is 5.92 Å². The molecule has 5 nitrogen and oxygen atoms in total. The van der Waals surface area contributed by atoms with E-state index in [2.05, 4.69) is 0 Å². The van der Waals surface area contributed by atoms with Crippen LogP contribution in [-0.4, -0.2) is 51.6 Å². The highest BCUT2D eigenvalue weighted by Gasteiger charge is 2.39. The van der Waals surface area contributed by atoms with Crippen LogP contribution in [0.4, 0.5) is 4.79 Å². The average molecular weight is 296 g/mol. The predicted molar refractivity (Wildman–Crippen MR) is 81.2 cm³/mol. The van der Waals surface area contributed by atoms with E-state index in [4.69, 9.17) is 0 Å². The van der Waals surface area contributed by atoms with E-state index in [1.54, 1.807) is 0 Å². The largest absolute Gasteiger partial charge is 0.465 e. The van der Waals surface area contributed by atoms with Crippen LogP contribution in [0.2, 0.25) is 0 Å². The first kappa shape index (κ1) is 16.1. The molecule has 2 rings (SSSR count). The maximum absolute atomic E-state index is 12.5. The van der Waals surface area contributed by atoms with Crippen molar-refractivity contribution in [3.8, 4) is 0 Å². The molecule has 1 saturated carbocycles. The zero-order valence-electron chi connectivity index (χ0n) is 13.5. The molecule has 1 aliphatic heterocycles.